The van der Waals surface area contributed by atoms with Crippen molar-refractivity contribution in [2.24, 2.45) is 0 Å². The van der Waals surface area contributed by atoms with Gasteiger partial charge < -0.3 is 4.90 Å². The largest absolute Gasteiger partial charge is 0.321 e. The van der Waals surface area contributed by atoms with Crippen molar-refractivity contribution < 1.29 is 0 Å². The molecule has 0 spiro atoms. The molecule has 1 aromatic heterocycles. The van der Waals surface area contributed by atoms with E-state index in [9.17, 15) is 0 Å². The third kappa shape index (κ3) is 1.70. The van der Waals surface area contributed by atoms with Gasteiger partial charge in [-0.15, -0.1) is 0 Å². The highest BCUT2D eigenvalue weighted by Crippen LogP contribution is 2.36. The first kappa shape index (κ1) is 11.0. The van der Waals surface area contributed by atoms with Crippen LogP contribution in [0.15, 0.2) is 65.8 Å². The number of rotatable bonds is 1. The van der Waals surface area contributed by atoms with Crippen LogP contribution in [0, 0.1) is 0 Å². The minimum Gasteiger partial charge on any atom is -0.321 e. The van der Waals surface area contributed by atoms with Gasteiger partial charge in [0, 0.05) is 29.4 Å². The number of aromatic nitrogens is 1. The minimum atomic E-state index is 0.979. The van der Waals surface area contributed by atoms with Crippen LogP contribution in [0.3, 0.4) is 0 Å². The summed E-state index contributed by atoms with van der Waals surface area (Å²) in [5.74, 6) is 0. The van der Waals surface area contributed by atoms with Crippen molar-refractivity contribution in [3.8, 4) is 0 Å². The van der Waals surface area contributed by atoms with Gasteiger partial charge >= 0.3 is 0 Å². The lowest BCUT2D eigenvalue weighted by Crippen LogP contribution is -2.21. The van der Waals surface area contributed by atoms with Gasteiger partial charge in [-0.25, -0.2) is 0 Å². The summed E-state index contributed by atoms with van der Waals surface area (Å²) in [4.78, 5) is 6.73. The van der Waals surface area contributed by atoms with Gasteiger partial charge in [0.05, 0.1) is 5.69 Å². The van der Waals surface area contributed by atoms with Crippen LogP contribution in [0.2, 0.25) is 0 Å². The Morgan fingerprint density at radius 1 is 1.17 bits per heavy atom. The zero-order valence-electron chi connectivity index (χ0n) is 10.7. The Balaban J connectivity index is 2.08. The van der Waals surface area contributed by atoms with E-state index in [4.69, 9.17) is 0 Å². The highest BCUT2D eigenvalue weighted by molar-refractivity contribution is 5.70. The van der Waals surface area contributed by atoms with E-state index in [2.05, 4.69) is 54.2 Å². The molecule has 0 unspecified atom stereocenters. The maximum atomic E-state index is 4.48. The maximum Gasteiger partial charge on any atom is 0.0682 e. The average Bonchev–Trinajstić information content (AvgIpc) is 2.44. The van der Waals surface area contributed by atoms with E-state index in [1.165, 1.54) is 22.5 Å². The molecule has 0 saturated heterocycles. The molecule has 0 saturated carbocycles. The molecule has 0 bridgehead atoms. The molecule has 3 heterocycles. The molecule has 0 amide bonds. The Bertz CT molecular complexity index is 589. The molecule has 1 aromatic rings. The van der Waals surface area contributed by atoms with Crippen molar-refractivity contribution in [3.63, 3.8) is 0 Å². The van der Waals surface area contributed by atoms with Crippen LogP contribution in [0.25, 0.3) is 5.57 Å². The number of hydrogen-bond acceptors (Lipinski definition) is 2. The highest BCUT2D eigenvalue weighted by atomic mass is 15.1. The van der Waals surface area contributed by atoms with Gasteiger partial charge in [0.1, 0.15) is 0 Å². The third-order valence-corrected chi connectivity index (χ3v) is 3.51. The molecule has 18 heavy (non-hydrogen) atoms. The van der Waals surface area contributed by atoms with Crippen LogP contribution in [0.1, 0.15) is 26.0 Å². The Kier molecular flexibility index (Phi) is 2.63. The van der Waals surface area contributed by atoms with Gasteiger partial charge in [0.25, 0.3) is 0 Å². The Labute approximate surface area is 108 Å². The van der Waals surface area contributed by atoms with Crippen LogP contribution < -0.4 is 0 Å². The Morgan fingerprint density at radius 3 is 2.83 bits per heavy atom. The van der Waals surface area contributed by atoms with Gasteiger partial charge in [-0.3, -0.25) is 4.98 Å². The fourth-order valence-electron chi connectivity index (χ4n) is 2.53. The summed E-state index contributed by atoms with van der Waals surface area (Å²) < 4.78 is 0. The summed E-state index contributed by atoms with van der Waals surface area (Å²) in [5.41, 5.74) is 6.36. The van der Waals surface area contributed by atoms with Crippen LogP contribution in [-0.2, 0) is 0 Å². The lowest BCUT2D eigenvalue weighted by atomic mass is 9.94. The van der Waals surface area contributed by atoms with Crippen LogP contribution >= 0.6 is 0 Å². The lowest BCUT2D eigenvalue weighted by Gasteiger charge is -2.33. The molecule has 0 radical (unpaired) electrons. The molecular formula is C16H16N2. The van der Waals surface area contributed by atoms with Gasteiger partial charge in [-0.05, 0) is 50.1 Å². The zero-order valence-corrected chi connectivity index (χ0v) is 10.7. The normalized spacial score (nSPS) is 18.4. The molecule has 90 valence electrons. The second-order valence-corrected chi connectivity index (χ2v) is 4.69. The van der Waals surface area contributed by atoms with Gasteiger partial charge in [-0.1, -0.05) is 12.1 Å². The van der Waals surface area contributed by atoms with E-state index in [1.807, 2.05) is 18.3 Å². The first-order valence-electron chi connectivity index (χ1n) is 6.22. The summed E-state index contributed by atoms with van der Waals surface area (Å²) in [5, 5.41) is 0. The number of pyridine rings is 1. The fourth-order valence-corrected chi connectivity index (χ4v) is 2.53. The van der Waals surface area contributed by atoms with Gasteiger partial charge in [0.2, 0.25) is 0 Å². The van der Waals surface area contributed by atoms with Crippen molar-refractivity contribution in [1.82, 2.24) is 9.88 Å². The molecule has 0 aliphatic carbocycles. The molecule has 2 heteroatoms. The van der Waals surface area contributed by atoms with Crippen LogP contribution in [0.5, 0.6) is 0 Å². The number of hydrogen-bond donors (Lipinski definition) is 0. The molecule has 3 rings (SSSR count). The lowest BCUT2D eigenvalue weighted by molar-refractivity contribution is 0.568. The summed E-state index contributed by atoms with van der Waals surface area (Å²) in [7, 11) is 0. The topological polar surface area (TPSA) is 16.1 Å². The zero-order chi connectivity index (χ0) is 12.5. The van der Waals surface area contributed by atoms with Crippen molar-refractivity contribution in [2.45, 2.75) is 20.3 Å². The smallest absolute Gasteiger partial charge is 0.0682 e. The van der Waals surface area contributed by atoms with Gasteiger partial charge in [0.15, 0.2) is 0 Å². The van der Waals surface area contributed by atoms with Crippen LogP contribution in [0.4, 0.5) is 0 Å². The van der Waals surface area contributed by atoms with Crippen LogP contribution in [-0.4, -0.2) is 9.88 Å². The SMILES string of the molecule is CC1=C2C=CC=CN2C(C)=C(c2ccccn2)C1. The van der Waals surface area contributed by atoms with E-state index < -0.39 is 0 Å². The van der Waals surface area contributed by atoms with E-state index in [1.54, 1.807) is 0 Å². The molecule has 0 atom stereocenters. The predicted molar refractivity (Wildman–Crippen MR) is 74.3 cm³/mol. The Morgan fingerprint density at radius 2 is 2.06 bits per heavy atom. The van der Waals surface area contributed by atoms with E-state index in [-0.39, 0.29) is 0 Å². The maximum absolute atomic E-state index is 4.48. The standard InChI is InChI=1S/C16H16N2/c1-12-11-14(15-7-3-5-9-17-15)13(2)18-10-6-4-8-16(12)18/h3-10H,11H2,1-2H3. The highest BCUT2D eigenvalue weighted by Gasteiger charge is 2.22. The first-order chi connectivity index (χ1) is 8.77. The van der Waals surface area contributed by atoms with Crippen molar-refractivity contribution in [2.75, 3.05) is 0 Å². The Hall–Kier alpha value is -2.09. The first-order valence-corrected chi connectivity index (χ1v) is 6.22. The predicted octanol–water partition coefficient (Wildman–Crippen LogP) is 3.88. The molecule has 2 aliphatic rings. The quantitative estimate of drug-likeness (QED) is 0.735. The fraction of sp³-hybridized carbons (Fsp3) is 0.188. The molecule has 0 aromatic carbocycles. The van der Waals surface area contributed by atoms with E-state index >= 15 is 0 Å². The second-order valence-electron chi connectivity index (χ2n) is 4.69. The van der Waals surface area contributed by atoms with E-state index in [0.29, 0.717) is 0 Å². The molecule has 2 aliphatic heterocycles. The monoisotopic (exact) mass is 236 g/mol. The number of fused-ring (bicyclic) bond motifs is 1. The number of allylic oxidation sites excluding steroid dienone is 6. The molecular weight excluding hydrogens is 220 g/mol. The summed E-state index contributed by atoms with van der Waals surface area (Å²) in [6.45, 7) is 4.36. The average molecular weight is 236 g/mol. The molecule has 2 nitrogen and oxygen atoms in total. The third-order valence-electron chi connectivity index (χ3n) is 3.51. The van der Waals surface area contributed by atoms with Crippen molar-refractivity contribution in [3.05, 3.63) is 71.5 Å². The summed E-state index contributed by atoms with van der Waals surface area (Å²) in [6, 6.07) is 6.09. The minimum absolute atomic E-state index is 0.979. The molecule has 0 N–H and O–H groups in total. The summed E-state index contributed by atoms with van der Waals surface area (Å²) in [6.07, 6.45) is 11.3. The van der Waals surface area contributed by atoms with Crippen molar-refractivity contribution >= 4 is 5.57 Å². The van der Waals surface area contributed by atoms with Gasteiger partial charge in [-0.2, -0.15) is 0 Å². The second kappa shape index (κ2) is 4.30. The number of nitrogens with zero attached hydrogens (tertiary/aromatic N) is 2. The summed E-state index contributed by atoms with van der Waals surface area (Å²) >= 11 is 0. The molecule has 0 fully saturated rings. The van der Waals surface area contributed by atoms with E-state index in [0.717, 1.165) is 12.1 Å². The van der Waals surface area contributed by atoms with Crippen molar-refractivity contribution in [1.29, 1.82) is 0 Å².